The standard InChI is InChI=1S/C30H35N3O2S/c1-21-8-4-6-10-24(21)29-26-14-19-36-27(26)12-15-31(29)16-13-28(34)32-17-18-33(23(3)20-32)30(35)25-11-7-5-9-22(25)2/h4-11,14,19,23,29H,12-13,15-18,20H2,1-3H3/t23-,29+/m1/s1. The van der Waals surface area contributed by atoms with Crippen LogP contribution in [0.2, 0.25) is 0 Å². The van der Waals surface area contributed by atoms with Crippen LogP contribution in [0.3, 0.4) is 0 Å². The van der Waals surface area contributed by atoms with Crippen LogP contribution in [0.25, 0.3) is 0 Å². The topological polar surface area (TPSA) is 43.9 Å². The summed E-state index contributed by atoms with van der Waals surface area (Å²) in [5, 5.41) is 2.20. The lowest BCUT2D eigenvalue weighted by atomic mass is 9.90. The molecule has 1 aromatic heterocycles. The molecule has 0 spiro atoms. The number of nitrogens with zero attached hydrogens (tertiary/aromatic N) is 3. The van der Waals surface area contributed by atoms with E-state index in [0.717, 1.165) is 30.6 Å². The van der Waals surface area contributed by atoms with Gasteiger partial charge in [-0.25, -0.2) is 0 Å². The van der Waals surface area contributed by atoms with Gasteiger partial charge in [-0.1, -0.05) is 42.5 Å². The molecule has 5 nitrogen and oxygen atoms in total. The number of aryl methyl sites for hydroxylation is 2. The smallest absolute Gasteiger partial charge is 0.254 e. The lowest BCUT2D eigenvalue weighted by Crippen LogP contribution is -2.55. The highest BCUT2D eigenvalue weighted by Gasteiger charge is 2.33. The fraction of sp³-hybridized carbons (Fsp3) is 0.400. The molecule has 36 heavy (non-hydrogen) atoms. The van der Waals surface area contributed by atoms with Crippen LogP contribution in [0.4, 0.5) is 0 Å². The molecule has 5 rings (SSSR count). The quantitative estimate of drug-likeness (QED) is 0.490. The van der Waals surface area contributed by atoms with Gasteiger partial charge >= 0.3 is 0 Å². The molecule has 3 heterocycles. The van der Waals surface area contributed by atoms with Gasteiger partial charge < -0.3 is 9.80 Å². The predicted molar refractivity (Wildman–Crippen MR) is 145 cm³/mol. The van der Waals surface area contributed by atoms with Crippen molar-refractivity contribution in [2.24, 2.45) is 0 Å². The Labute approximate surface area is 218 Å². The largest absolute Gasteiger partial charge is 0.339 e. The minimum atomic E-state index is -0.00197. The molecule has 2 amide bonds. The number of thiophene rings is 1. The van der Waals surface area contributed by atoms with Crippen LogP contribution in [0.5, 0.6) is 0 Å². The molecule has 0 radical (unpaired) electrons. The van der Waals surface area contributed by atoms with Gasteiger partial charge in [0.2, 0.25) is 5.91 Å². The Morgan fingerprint density at radius 2 is 1.67 bits per heavy atom. The van der Waals surface area contributed by atoms with E-state index in [0.29, 0.717) is 26.1 Å². The van der Waals surface area contributed by atoms with E-state index in [1.54, 1.807) is 0 Å². The summed E-state index contributed by atoms with van der Waals surface area (Å²) in [5.41, 5.74) is 5.77. The van der Waals surface area contributed by atoms with E-state index in [1.165, 1.54) is 21.6 Å². The Balaban J connectivity index is 1.23. The highest BCUT2D eigenvalue weighted by atomic mass is 32.1. The van der Waals surface area contributed by atoms with Crippen molar-refractivity contribution in [2.45, 2.75) is 45.7 Å². The van der Waals surface area contributed by atoms with Gasteiger partial charge in [-0.3, -0.25) is 14.5 Å². The van der Waals surface area contributed by atoms with E-state index >= 15 is 0 Å². The summed E-state index contributed by atoms with van der Waals surface area (Å²) in [6.07, 6.45) is 1.54. The Morgan fingerprint density at radius 3 is 2.42 bits per heavy atom. The van der Waals surface area contributed by atoms with E-state index in [1.807, 2.05) is 59.2 Å². The van der Waals surface area contributed by atoms with Crippen molar-refractivity contribution in [1.29, 1.82) is 0 Å². The molecule has 0 bridgehead atoms. The van der Waals surface area contributed by atoms with Crippen molar-refractivity contribution >= 4 is 23.2 Å². The maximum atomic E-state index is 13.3. The Morgan fingerprint density at radius 1 is 0.917 bits per heavy atom. The summed E-state index contributed by atoms with van der Waals surface area (Å²) in [6, 6.07) is 18.8. The number of hydrogen-bond donors (Lipinski definition) is 0. The molecule has 2 aliphatic rings. The van der Waals surface area contributed by atoms with E-state index in [2.05, 4.69) is 47.5 Å². The van der Waals surface area contributed by atoms with Crippen LogP contribution in [0, 0.1) is 13.8 Å². The number of amides is 2. The number of fused-ring (bicyclic) bond motifs is 1. The molecule has 2 aliphatic heterocycles. The van der Waals surface area contributed by atoms with Crippen LogP contribution in [0.1, 0.15) is 56.9 Å². The summed E-state index contributed by atoms with van der Waals surface area (Å²) in [5.74, 6) is 0.248. The van der Waals surface area contributed by atoms with Gasteiger partial charge in [0.05, 0.1) is 6.04 Å². The van der Waals surface area contributed by atoms with Gasteiger partial charge in [-0.05, 0) is 67.0 Å². The van der Waals surface area contributed by atoms with Crippen molar-refractivity contribution in [3.8, 4) is 0 Å². The van der Waals surface area contributed by atoms with Gasteiger partial charge in [0.25, 0.3) is 5.91 Å². The van der Waals surface area contributed by atoms with Crippen molar-refractivity contribution in [3.63, 3.8) is 0 Å². The molecule has 1 saturated heterocycles. The lowest BCUT2D eigenvalue weighted by molar-refractivity contribution is -0.134. The molecule has 2 atom stereocenters. The van der Waals surface area contributed by atoms with Gasteiger partial charge in [0, 0.05) is 55.6 Å². The molecule has 3 aromatic rings. The van der Waals surface area contributed by atoms with Gasteiger partial charge in [-0.2, -0.15) is 0 Å². The highest BCUT2D eigenvalue weighted by molar-refractivity contribution is 7.10. The number of piperazine rings is 1. The van der Waals surface area contributed by atoms with Crippen molar-refractivity contribution in [2.75, 3.05) is 32.7 Å². The average molecular weight is 502 g/mol. The van der Waals surface area contributed by atoms with Crippen LogP contribution in [-0.2, 0) is 11.2 Å². The molecular formula is C30H35N3O2S. The second-order valence-corrected chi connectivity index (χ2v) is 11.1. The summed E-state index contributed by atoms with van der Waals surface area (Å²) >= 11 is 1.85. The molecular weight excluding hydrogens is 466 g/mol. The fourth-order valence-electron chi connectivity index (χ4n) is 5.72. The van der Waals surface area contributed by atoms with Crippen molar-refractivity contribution in [1.82, 2.24) is 14.7 Å². The summed E-state index contributed by atoms with van der Waals surface area (Å²) in [6.45, 7) is 9.67. The zero-order valence-corrected chi connectivity index (χ0v) is 22.3. The van der Waals surface area contributed by atoms with Crippen molar-refractivity contribution < 1.29 is 9.59 Å². The molecule has 0 N–H and O–H groups in total. The molecule has 0 saturated carbocycles. The van der Waals surface area contributed by atoms with Gasteiger partial charge in [0.1, 0.15) is 0 Å². The third-order valence-corrected chi connectivity index (χ3v) is 8.77. The first-order valence-corrected chi connectivity index (χ1v) is 13.8. The normalized spacial score (nSPS) is 20.3. The maximum Gasteiger partial charge on any atom is 0.254 e. The molecule has 188 valence electrons. The van der Waals surface area contributed by atoms with Crippen LogP contribution < -0.4 is 0 Å². The zero-order chi connectivity index (χ0) is 25.2. The van der Waals surface area contributed by atoms with Gasteiger partial charge in [0.15, 0.2) is 0 Å². The first kappa shape index (κ1) is 24.7. The van der Waals surface area contributed by atoms with Crippen LogP contribution >= 0.6 is 11.3 Å². The molecule has 6 heteroatoms. The summed E-state index contributed by atoms with van der Waals surface area (Å²) in [4.78, 5) is 34.2. The highest BCUT2D eigenvalue weighted by Crippen LogP contribution is 2.38. The predicted octanol–water partition coefficient (Wildman–Crippen LogP) is 5.08. The monoisotopic (exact) mass is 501 g/mol. The Kier molecular flexibility index (Phi) is 7.26. The Hall–Kier alpha value is -2.96. The number of rotatable bonds is 5. The zero-order valence-electron chi connectivity index (χ0n) is 21.4. The van der Waals surface area contributed by atoms with E-state index in [4.69, 9.17) is 0 Å². The lowest BCUT2D eigenvalue weighted by Gasteiger charge is -2.41. The third-order valence-electron chi connectivity index (χ3n) is 7.78. The van der Waals surface area contributed by atoms with Crippen LogP contribution in [0.15, 0.2) is 60.0 Å². The fourth-order valence-corrected chi connectivity index (χ4v) is 6.62. The van der Waals surface area contributed by atoms with E-state index < -0.39 is 0 Å². The second kappa shape index (κ2) is 10.6. The average Bonchev–Trinajstić information content (AvgIpc) is 3.36. The first-order valence-electron chi connectivity index (χ1n) is 12.9. The number of carbonyl (C=O) groups is 2. The second-order valence-electron chi connectivity index (χ2n) is 10.1. The molecule has 0 aliphatic carbocycles. The van der Waals surface area contributed by atoms with Crippen LogP contribution in [-0.4, -0.2) is 65.3 Å². The SMILES string of the molecule is Cc1ccccc1C(=O)N1CCN(C(=O)CCN2CCc3sccc3[C@@H]2c2ccccc2C)C[C@H]1C. The summed E-state index contributed by atoms with van der Waals surface area (Å²) in [7, 11) is 0. The number of benzene rings is 2. The molecule has 0 unspecified atom stereocenters. The molecule has 2 aromatic carbocycles. The number of carbonyl (C=O) groups excluding carboxylic acids is 2. The van der Waals surface area contributed by atoms with E-state index in [-0.39, 0.29) is 23.9 Å². The minimum absolute atomic E-state index is 0.00197. The first-order chi connectivity index (χ1) is 17.4. The Bertz CT molecular complexity index is 1250. The summed E-state index contributed by atoms with van der Waals surface area (Å²) < 4.78 is 0. The van der Waals surface area contributed by atoms with Gasteiger partial charge in [-0.15, -0.1) is 11.3 Å². The minimum Gasteiger partial charge on any atom is -0.339 e. The molecule has 1 fully saturated rings. The van der Waals surface area contributed by atoms with Crippen molar-refractivity contribution in [3.05, 3.63) is 92.7 Å². The van der Waals surface area contributed by atoms with E-state index in [9.17, 15) is 9.59 Å². The third kappa shape index (κ3) is 4.84. The number of hydrogen-bond acceptors (Lipinski definition) is 4. The maximum absolute atomic E-state index is 13.3.